The normalized spacial score (nSPS) is 31.9. The smallest absolute Gasteiger partial charge is 0.128 e. The molecule has 4 bridgehead atoms. The average molecular weight is 523 g/mol. The average Bonchev–Trinajstić information content (AvgIpc) is 3.25. The number of aromatic nitrogens is 1. The van der Waals surface area contributed by atoms with Crippen molar-refractivity contribution in [1.29, 1.82) is 0 Å². The molecule has 208 valence electrons. The molecule has 1 aliphatic carbocycles. The van der Waals surface area contributed by atoms with Crippen LogP contribution in [0.15, 0.2) is 41.2 Å². The number of anilines is 1. The summed E-state index contributed by atoms with van der Waals surface area (Å²) in [5, 5.41) is 7.54. The van der Waals surface area contributed by atoms with Crippen LogP contribution in [0.25, 0.3) is 5.70 Å². The topological polar surface area (TPSA) is 52.3 Å². The molecule has 0 fully saturated rings. The molecule has 3 N–H and O–H groups in total. The van der Waals surface area contributed by atoms with Crippen molar-refractivity contribution in [3.8, 4) is 0 Å². The van der Waals surface area contributed by atoms with E-state index in [2.05, 4.69) is 67.9 Å². The number of hydrogen-bond acceptors (Lipinski definition) is 4. The standard InChI is InChI=1S/C32H47FN4O/c1-9-22-26(33)20(4)28-29-31(6)24(18-37(28)8)38-17-13-15-19(3)14-11-12-16-34-21(5)25-23(10-2)35-30(31)27(25)36-32(22,29)7/h18-20,34-36H,5,9-17H2,1-4,6-8H3. The first-order valence-electron chi connectivity index (χ1n) is 14.8. The first-order valence-corrected chi connectivity index (χ1v) is 14.8. The van der Waals surface area contributed by atoms with Crippen molar-refractivity contribution in [1.82, 2.24) is 15.2 Å². The predicted molar refractivity (Wildman–Crippen MR) is 155 cm³/mol. The number of nitrogens with zero attached hydrogens (tertiary/aromatic N) is 1. The number of H-pyrrole nitrogens is 1. The van der Waals surface area contributed by atoms with Crippen LogP contribution < -0.4 is 10.6 Å². The number of allylic oxidation sites excluding steroid dienone is 2. The first-order chi connectivity index (χ1) is 18.1. The lowest BCUT2D eigenvalue weighted by Crippen LogP contribution is -2.57. The van der Waals surface area contributed by atoms with Crippen LogP contribution in [0.2, 0.25) is 0 Å². The molecule has 0 radical (unpaired) electrons. The first kappa shape index (κ1) is 27.0. The maximum absolute atomic E-state index is 16.1. The highest BCUT2D eigenvalue weighted by Gasteiger charge is 2.59. The van der Waals surface area contributed by atoms with Crippen LogP contribution in [0.1, 0.15) is 97.0 Å². The van der Waals surface area contributed by atoms with Crippen molar-refractivity contribution in [3.63, 3.8) is 0 Å². The monoisotopic (exact) mass is 522 g/mol. The lowest BCUT2D eigenvalue weighted by Gasteiger charge is -2.56. The van der Waals surface area contributed by atoms with E-state index in [0.29, 0.717) is 18.9 Å². The maximum Gasteiger partial charge on any atom is 0.128 e. The molecule has 4 heterocycles. The Morgan fingerprint density at radius 2 is 1.87 bits per heavy atom. The van der Waals surface area contributed by atoms with Crippen molar-refractivity contribution in [2.75, 3.05) is 25.5 Å². The highest BCUT2D eigenvalue weighted by atomic mass is 19.1. The van der Waals surface area contributed by atoms with Gasteiger partial charge in [0, 0.05) is 48.4 Å². The van der Waals surface area contributed by atoms with E-state index in [1.54, 1.807) is 0 Å². The van der Waals surface area contributed by atoms with Gasteiger partial charge in [0.25, 0.3) is 0 Å². The second-order valence-electron chi connectivity index (χ2n) is 12.2. The van der Waals surface area contributed by atoms with Gasteiger partial charge in [-0.15, -0.1) is 0 Å². The highest BCUT2D eigenvalue weighted by Crippen LogP contribution is 2.61. The van der Waals surface area contributed by atoms with E-state index in [1.807, 2.05) is 14.0 Å². The van der Waals surface area contributed by atoms with Gasteiger partial charge in [-0.25, -0.2) is 4.39 Å². The Bertz CT molecular complexity index is 1220. The Hall–Kier alpha value is -2.63. The predicted octanol–water partition coefficient (Wildman–Crippen LogP) is 7.52. The molecule has 4 aliphatic rings. The molecular weight excluding hydrogens is 475 g/mol. The van der Waals surface area contributed by atoms with Crippen LogP contribution in [0, 0.1) is 11.8 Å². The number of aryl methyl sites for hydroxylation is 1. The van der Waals surface area contributed by atoms with Crippen molar-refractivity contribution in [2.45, 2.75) is 97.4 Å². The second kappa shape index (κ2) is 9.84. The molecule has 6 heteroatoms. The van der Waals surface area contributed by atoms with Gasteiger partial charge in [0.2, 0.25) is 0 Å². The van der Waals surface area contributed by atoms with Crippen LogP contribution in [0.4, 0.5) is 10.1 Å². The van der Waals surface area contributed by atoms with Gasteiger partial charge in [-0.3, -0.25) is 0 Å². The molecule has 0 amide bonds. The van der Waals surface area contributed by atoms with Gasteiger partial charge < -0.3 is 25.3 Å². The SMILES string of the molecule is C=C1NCCCCC(C)CCCOC2=CN(C)C3=C4C(C)(Nc5c([nH]c(CC)c51)C24C)C(CC)=C(F)C3C. The van der Waals surface area contributed by atoms with Gasteiger partial charge in [0.1, 0.15) is 11.6 Å². The molecule has 0 spiro atoms. The molecule has 3 aliphatic heterocycles. The van der Waals surface area contributed by atoms with Crippen LogP contribution in [0.5, 0.6) is 0 Å². The van der Waals surface area contributed by atoms with Gasteiger partial charge in [-0.2, -0.15) is 0 Å². The second-order valence-corrected chi connectivity index (χ2v) is 12.2. The third kappa shape index (κ3) is 3.84. The lowest BCUT2D eigenvalue weighted by atomic mass is 9.58. The van der Waals surface area contributed by atoms with Crippen LogP contribution in [-0.2, 0) is 16.6 Å². The van der Waals surface area contributed by atoms with E-state index >= 15 is 4.39 Å². The molecule has 1 aromatic heterocycles. The summed E-state index contributed by atoms with van der Waals surface area (Å²) in [6, 6.07) is 0. The largest absolute Gasteiger partial charge is 0.495 e. The van der Waals surface area contributed by atoms with Gasteiger partial charge in [0.15, 0.2) is 0 Å². The summed E-state index contributed by atoms with van der Waals surface area (Å²) in [5.74, 6) is 1.30. The van der Waals surface area contributed by atoms with Crippen LogP contribution >= 0.6 is 0 Å². The van der Waals surface area contributed by atoms with Crippen molar-refractivity contribution in [2.24, 2.45) is 11.8 Å². The molecule has 38 heavy (non-hydrogen) atoms. The van der Waals surface area contributed by atoms with Gasteiger partial charge in [-0.05, 0) is 63.0 Å². The summed E-state index contributed by atoms with van der Waals surface area (Å²) in [6.45, 7) is 19.2. The van der Waals surface area contributed by atoms with E-state index in [9.17, 15) is 0 Å². The Labute approximate surface area is 228 Å². The van der Waals surface area contributed by atoms with Gasteiger partial charge in [-0.1, -0.05) is 47.1 Å². The third-order valence-electron chi connectivity index (χ3n) is 9.64. The zero-order valence-corrected chi connectivity index (χ0v) is 24.5. The molecule has 0 aromatic carbocycles. The number of hydrogen-bond donors (Lipinski definition) is 3. The van der Waals surface area contributed by atoms with Gasteiger partial charge >= 0.3 is 0 Å². The molecule has 0 saturated carbocycles. The third-order valence-corrected chi connectivity index (χ3v) is 9.64. The Kier molecular flexibility index (Phi) is 6.98. The number of rotatable bonds is 2. The highest BCUT2D eigenvalue weighted by molar-refractivity contribution is 5.85. The quantitative estimate of drug-likeness (QED) is 0.376. The zero-order chi connectivity index (χ0) is 27.4. The Morgan fingerprint density at radius 1 is 1.13 bits per heavy atom. The number of nitrogens with one attached hydrogen (secondary N) is 3. The Morgan fingerprint density at radius 3 is 2.58 bits per heavy atom. The van der Waals surface area contributed by atoms with Crippen LogP contribution in [0.3, 0.4) is 0 Å². The minimum absolute atomic E-state index is 0.0162. The number of aromatic amines is 1. The Balaban J connectivity index is 1.76. The van der Waals surface area contributed by atoms with Crippen LogP contribution in [-0.4, -0.2) is 35.6 Å². The van der Waals surface area contributed by atoms with E-state index in [-0.39, 0.29) is 11.7 Å². The lowest BCUT2D eigenvalue weighted by molar-refractivity contribution is 0.146. The fourth-order valence-electron chi connectivity index (χ4n) is 7.67. The molecule has 0 saturated heterocycles. The fraction of sp³-hybridized carbons (Fsp3) is 0.625. The zero-order valence-electron chi connectivity index (χ0n) is 24.5. The molecular formula is C32H47FN4O. The van der Waals surface area contributed by atoms with E-state index < -0.39 is 11.0 Å². The summed E-state index contributed by atoms with van der Waals surface area (Å²) in [6.07, 6.45) is 9.36. The van der Waals surface area contributed by atoms with Gasteiger partial charge in [0.05, 0.1) is 28.9 Å². The summed E-state index contributed by atoms with van der Waals surface area (Å²) >= 11 is 0. The summed E-state index contributed by atoms with van der Waals surface area (Å²) in [4.78, 5) is 5.95. The number of halogens is 1. The number of ether oxygens (including phenoxy) is 1. The fourth-order valence-corrected chi connectivity index (χ4v) is 7.67. The molecule has 1 aromatic rings. The molecule has 4 atom stereocenters. The van der Waals surface area contributed by atoms with Crippen molar-refractivity contribution in [3.05, 3.63) is 58.2 Å². The van der Waals surface area contributed by atoms with Crippen molar-refractivity contribution >= 4 is 11.4 Å². The summed E-state index contributed by atoms with van der Waals surface area (Å²) < 4.78 is 22.9. The minimum Gasteiger partial charge on any atom is -0.495 e. The van der Waals surface area contributed by atoms with E-state index in [1.165, 1.54) is 18.4 Å². The maximum atomic E-state index is 16.1. The molecule has 5 rings (SSSR count). The minimum atomic E-state index is -0.679. The summed E-state index contributed by atoms with van der Waals surface area (Å²) in [5.41, 5.74) is 7.13. The molecule has 5 nitrogen and oxygen atoms in total. The molecule has 4 unspecified atom stereocenters. The van der Waals surface area contributed by atoms with E-state index in [4.69, 9.17) is 4.74 Å². The van der Waals surface area contributed by atoms with Crippen molar-refractivity contribution < 1.29 is 9.13 Å². The van der Waals surface area contributed by atoms with E-state index in [0.717, 1.165) is 77.6 Å². The summed E-state index contributed by atoms with van der Waals surface area (Å²) in [7, 11) is 2.04.